The Balaban J connectivity index is 1.01. The molecule has 0 bridgehead atoms. The van der Waals surface area contributed by atoms with Gasteiger partial charge in [0, 0.05) is 40.2 Å². The van der Waals surface area contributed by atoms with Crippen molar-refractivity contribution in [2.45, 2.75) is 358 Å². The lowest BCUT2D eigenvalue weighted by atomic mass is 9.88. The first kappa shape index (κ1) is 118. The minimum Gasteiger partial charge on any atom is -0.477 e. The number of aliphatic carboxylic acids is 2. The molecule has 10 rings (SSSR count). The number of esters is 1. The second kappa shape index (κ2) is 50.8. The van der Waals surface area contributed by atoms with Crippen molar-refractivity contribution in [2.75, 3.05) is 79.2 Å². The van der Waals surface area contributed by atoms with E-state index < -0.39 is 454 Å². The van der Waals surface area contributed by atoms with Crippen molar-refractivity contribution in [3.05, 3.63) is 0 Å². The number of aliphatic hydroxyl groups is 30. The summed E-state index contributed by atoms with van der Waals surface area (Å²) in [6, 6.07) is -5.94. The number of carboxylic acids is 2. The molecule has 10 aliphatic rings. The van der Waals surface area contributed by atoms with E-state index in [4.69, 9.17) is 115 Å². The molecule has 39 N–H and O–H groups in total. The van der Waals surface area contributed by atoms with Gasteiger partial charge in [-0.3, -0.25) is 23.4 Å². The predicted octanol–water partition coefficient (Wildman–Crippen LogP) is -24.1. The molecule has 141 heavy (non-hydrogen) atoms. The number of rotatable bonds is 43. The molecule has 1 unspecified atom stereocenters. The van der Waals surface area contributed by atoms with Gasteiger partial charge in [0.25, 0.3) is 11.6 Å². The number of carboxylic acid groups (broad SMARTS) is 2. The van der Waals surface area contributed by atoms with Crippen LogP contribution in [0.5, 0.6) is 0 Å². The summed E-state index contributed by atoms with van der Waals surface area (Å²) < 4.78 is 142. The molecule has 0 aromatic carbocycles. The smallest absolute Gasteiger partial charge is 0.472 e. The van der Waals surface area contributed by atoms with E-state index in [1.54, 1.807) is 0 Å². The topological polar surface area (TPSA) is 1050 Å². The third-order valence-corrected chi connectivity index (χ3v) is 25.9. The fourth-order valence-corrected chi connectivity index (χ4v) is 18.5. The zero-order valence-corrected chi connectivity index (χ0v) is 75.5. The SMILES string of the molecule is CC(=O)N[C@H]1[C@H](O[C@H]2[C@@H](O)[C@@H](CO)O[C@@H](O[C@H]3[C@H](O)[C@@H](O)[C@H](O[C@H]4[C@H](O[C@H]5O[C@H]([C@H](CO)OP(=O)(O)OCCN)[C@@H](O)[C@H](O[C@H]6O[C@H](CO)[C@@H](O)[C@H](O)[C@H]6O)[C@@H]5O[C@H]5O[C@H](CO)[C@@H](O)[C@H](OC(C)=O)[C@H]5NC(C)=O)[C@H](O)[C@@H](O[C@H]5[C@@H]([C@H](O)CO)O[C@@](O)(C(=O)O)C[C@H]5O)O[C@@H]4[C@@H](O)CO)O[C@@H]3CO)[C@@H]2O)O[C@H](CO)[C@@H](O[C@@H]2O[C@H](CO)[C@H](O)[C@H](O[C@]3(C(=O)O)C[C@H](O)[C@@H](N)[C@H]([C@H](O)[C@H](O)CO)O3)[C@H]2O)[C@@H]1O. The van der Waals surface area contributed by atoms with Gasteiger partial charge in [0.1, 0.15) is 238 Å². The van der Waals surface area contributed by atoms with E-state index in [2.05, 4.69) is 10.6 Å². The molecule has 10 saturated heterocycles. The highest BCUT2D eigenvalue weighted by molar-refractivity contribution is 7.47. The van der Waals surface area contributed by atoms with Crippen LogP contribution in [0.15, 0.2) is 0 Å². The van der Waals surface area contributed by atoms with Gasteiger partial charge in [-0.25, -0.2) is 14.2 Å². The van der Waals surface area contributed by atoms with Gasteiger partial charge in [0.2, 0.25) is 11.8 Å². The van der Waals surface area contributed by atoms with Crippen LogP contribution in [0.1, 0.15) is 33.6 Å². The highest BCUT2D eigenvalue weighted by Gasteiger charge is 2.66. The van der Waals surface area contributed by atoms with Crippen LogP contribution in [0.25, 0.3) is 0 Å². The Kier molecular flexibility index (Phi) is 42.6. The van der Waals surface area contributed by atoms with Gasteiger partial charge in [0.05, 0.1) is 90.9 Å². The minimum atomic E-state index is -5.65. The maximum Gasteiger partial charge on any atom is 0.472 e. The van der Waals surface area contributed by atoms with Gasteiger partial charge in [-0.15, -0.1) is 0 Å². The van der Waals surface area contributed by atoms with Crippen molar-refractivity contribution in [2.24, 2.45) is 11.5 Å². The molecule has 0 radical (unpaired) electrons. The molecule has 10 fully saturated rings. The molecule has 0 saturated carbocycles. The van der Waals surface area contributed by atoms with E-state index in [1.807, 2.05) is 0 Å². The largest absolute Gasteiger partial charge is 0.477 e. The Labute approximate surface area is 795 Å². The van der Waals surface area contributed by atoms with Crippen LogP contribution in [0.4, 0.5) is 0 Å². The average Bonchev–Trinajstić information content (AvgIpc) is 0.748. The van der Waals surface area contributed by atoms with Gasteiger partial charge < -0.3 is 285 Å². The first-order valence-electron chi connectivity index (χ1n) is 43.9. The van der Waals surface area contributed by atoms with Crippen molar-refractivity contribution in [3.63, 3.8) is 0 Å². The molecule has 0 aliphatic carbocycles. The number of phosphoric acid groups is 1. The molecular formula is C75H127N4O61P. The summed E-state index contributed by atoms with van der Waals surface area (Å²) >= 11 is 0. The summed E-state index contributed by atoms with van der Waals surface area (Å²) in [5, 5.41) is 365. The molecule has 818 valence electrons. The van der Waals surface area contributed by atoms with E-state index in [0.29, 0.717) is 0 Å². The highest BCUT2D eigenvalue weighted by Crippen LogP contribution is 2.49. The average molecular weight is 2090 g/mol. The molecule has 0 aromatic heterocycles. The van der Waals surface area contributed by atoms with Crippen LogP contribution in [-0.4, -0.2) is 601 Å². The van der Waals surface area contributed by atoms with Gasteiger partial charge >= 0.3 is 25.7 Å². The molecule has 2 amide bonds. The number of nitrogens with one attached hydrogen (secondary N) is 2. The standard InChI is InChI=1S/C75H127N4O61P/c1-18(90)78-34-41(103)53(129-69-48(110)59(40(102)29(14-86)124-69)139-75(73(114)115)7-21(93)33(77)56(138-75)36(98)23(95)8-80)30(15-87)125-64(34)132-58-39(101)28(13-85)123-68(47(58)109)130-54-31(16-88)126-67(45(107)43(54)105)135-62-51(24(96)9-81)128-70(127-50-22(94)6-74(116,72(112)113)137-52(50)25(97)10-82)49(111)61(62)134-71-63(136-65-35(79-19(2)91)57(120-20(3)92)38(100)27(12-84)121-65)60(133-66-44(106)42(104)37(99)26(11-83)122-66)46(108)55(131-71)32(17-89)140-141(117,118)119-5-4-76/h21-71,80-89,93-111,116H,4-17,76-77H2,1-3H3,(H,78,90)(H,79,91)(H,112,113)(H,114,115)(H,117,118)/t21-,22+,23+,24-,25+,26+,27+,28+,29+,30+,31+,32-,33+,34+,35+,36+,37+,38+,39-,40-,41+,42-,43+,44+,45+,46+,47+,48+,49-,50+,51+,52+,53+,54+,55+,56+,57+,58-,59-,60-,61+,62+,63-,64-,65+,66+,67-,68-,69-,70-,71+,74+,75-/m0/s1. The lowest BCUT2D eigenvalue weighted by Gasteiger charge is -2.53. The zero-order valence-electron chi connectivity index (χ0n) is 74.6. The second-order valence-electron chi connectivity index (χ2n) is 34.7. The van der Waals surface area contributed by atoms with Gasteiger partial charge in [0.15, 0.2) is 56.4 Å². The normalized spacial score (nSPS) is 46.2. The fraction of sp³-hybridized carbons (Fsp3) is 0.933. The van der Waals surface area contributed by atoms with Crippen LogP contribution in [-0.2, 0) is 132 Å². The quantitative estimate of drug-likeness (QED) is 0.0199. The monoisotopic (exact) mass is 2090 g/mol. The third-order valence-electron chi connectivity index (χ3n) is 24.9. The number of hydrogen-bond donors (Lipinski definition) is 37. The Morgan fingerprint density at radius 3 is 1.33 bits per heavy atom. The van der Waals surface area contributed by atoms with Crippen LogP contribution in [0, 0.1) is 0 Å². The summed E-state index contributed by atoms with van der Waals surface area (Å²) in [4.78, 5) is 75.8. The van der Waals surface area contributed by atoms with Gasteiger partial charge in [-0.1, -0.05) is 0 Å². The lowest BCUT2D eigenvalue weighted by Crippen LogP contribution is -2.72. The zero-order chi connectivity index (χ0) is 105. The minimum absolute atomic E-state index is 0.518. The van der Waals surface area contributed by atoms with Crippen LogP contribution >= 0.6 is 7.82 Å². The molecule has 0 spiro atoms. The maximum absolute atomic E-state index is 13.7. The Bertz CT molecular complexity index is 3990. The van der Waals surface area contributed by atoms with E-state index in [-0.39, 0.29) is 0 Å². The fourth-order valence-electron chi connectivity index (χ4n) is 17.6. The molecule has 66 heteroatoms. The Morgan fingerprint density at radius 1 is 0.397 bits per heavy atom. The summed E-state index contributed by atoms with van der Waals surface area (Å²) in [5.41, 5.74) is 11.5. The maximum atomic E-state index is 13.7. The predicted molar refractivity (Wildman–Crippen MR) is 429 cm³/mol. The van der Waals surface area contributed by atoms with Crippen molar-refractivity contribution in [1.82, 2.24) is 10.6 Å². The van der Waals surface area contributed by atoms with Crippen LogP contribution in [0.2, 0.25) is 0 Å². The van der Waals surface area contributed by atoms with E-state index in [9.17, 15) is 197 Å². The summed E-state index contributed by atoms with van der Waals surface area (Å²) in [6.45, 7) is -12.5. The number of carbonyl (C=O) groups is 5. The summed E-state index contributed by atoms with van der Waals surface area (Å²) in [5.74, 6) is -14.4. The number of hydrogen-bond acceptors (Lipinski definition) is 60. The number of phosphoric ester groups is 1. The number of ether oxygens (including phenoxy) is 20. The molecule has 54 atom stereocenters. The van der Waals surface area contributed by atoms with E-state index >= 15 is 0 Å². The number of amides is 2. The highest BCUT2D eigenvalue weighted by atomic mass is 31.2. The number of nitrogens with two attached hydrogens (primary N) is 2. The molecule has 0 aromatic rings. The Hall–Kier alpha value is -4.58. The molecule has 10 aliphatic heterocycles. The van der Waals surface area contributed by atoms with E-state index in [1.165, 1.54) is 0 Å². The lowest BCUT2D eigenvalue weighted by molar-refractivity contribution is -0.421. The molecule has 10 heterocycles. The van der Waals surface area contributed by atoms with Crippen molar-refractivity contribution < 1.29 is 301 Å². The first-order valence-corrected chi connectivity index (χ1v) is 45.4. The number of carbonyl (C=O) groups excluding carboxylic acids is 3. The van der Waals surface area contributed by atoms with E-state index in [0.717, 1.165) is 20.8 Å². The second-order valence-corrected chi connectivity index (χ2v) is 36.1. The van der Waals surface area contributed by atoms with Crippen LogP contribution < -0.4 is 22.1 Å². The Morgan fingerprint density at radius 2 is 0.816 bits per heavy atom. The number of aliphatic hydroxyl groups excluding tert-OH is 29. The molecular weight excluding hydrogens is 1960 g/mol. The third kappa shape index (κ3) is 26.4. The van der Waals surface area contributed by atoms with Crippen molar-refractivity contribution in [1.29, 1.82) is 0 Å². The van der Waals surface area contributed by atoms with Gasteiger partial charge in [-0.05, 0) is 0 Å². The van der Waals surface area contributed by atoms with Gasteiger partial charge in [-0.2, -0.15) is 0 Å². The summed E-state index contributed by atoms with van der Waals surface area (Å²) in [6.07, 6.45) is -120. The van der Waals surface area contributed by atoms with Crippen molar-refractivity contribution >= 4 is 37.5 Å². The van der Waals surface area contributed by atoms with Crippen molar-refractivity contribution in [3.8, 4) is 0 Å². The first-order chi connectivity index (χ1) is 66.4. The molecule has 65 nitrogen and oxygen atoms in total. The summed E-state index contributed by atoms with van der Waals surface area (Å²) in [7, 11) is -5.65. The van der Waals surface area contributed by atoms with Crippen LogP contribution in [0.3, 0.4) is 0 Å².